The third-order valence-electron chi connectivity index (χ3n) is 1.25. The zero-order valence-corrected chi connectivity index (χ0v) is 6.38. The van der Waals surface area contributed by atoms with Gasteiger partial charge in [-0.05, 0) is 12.1 Å². The molecule has 11 heavy (non-hydrogen) atoms. The highest BCUT2D eigenvalue weighted by atomic mass is 15.3. The summed E-state index contributed by atoms with van der Waals surface area (Å²) in [5.41, 5.74) is 7.07. The fourth-order valence-corrected chi connectivity index (χ4v) is 0.747. The van der Waals surface area contributed by atoms with E-state index in [1.54, 1.807) is 6.08 Å². The molecule has 0 aliphatic carbocycles. The van der Waals surface area contributed by atoms with E-state index in [1.807, 2.05) is 30.3 Å². The largest absolute Gasteiger partial charge is 0.321 e. The van der Waals surface area contributed by atoms with Crippen LogP contribution in [0, 0.1) is 0 Å². The molecule has 0 fully saturated rings. The van der Waals surface area contributed by atoms with Crippen LogP contribution < -0.4 is 10.9 Å². The SMILES string of the molecule is C=CCNNc1ccccc1. The summed E-state index contributed by atoms with van der Waals surface area (Å²) in [5, 5.41) is 0. The molecule has 0 aliphatic rings. The first kappa shape index (κ1) is 7.82. The van der Waals surface area contributed by atoms with E-state index >= 15 is 0 Å². The molecule has 0 spiro atoms. The van der Waals surface area contributed by atoms with E-state index in [-0.39, 0.29) is 0 Å². The summed E-state index contributed by atoms with van der Waals surface area (Å²) in [4.78, 5) is 0. The Morgan fingerprint density at radius 1 is 1.27 bits per heavy atom. The Kier molecular flexibility index (Phi) is 3.22. The molecule has 1 aromatic carbocycles. The average Bonchev–Trinajstić information content (AvgIpc) is 2.07. The molecule has 0 amide bonds. The molecule has 0 bridgehead atoms. The maximum Gasteiger partial charge on any atom is 0.0487 e. The maximum absolute atomic E-state index is 3.59. The Labute approximate surface area is 66.9 Å². The molecular weight excluding hydrogens is 136 g/mol. The highest BCUT2D eigenvalue weighted by Gasteiger charge is 1.83. The molecule has 0 atom stereocenters. The van der Waals surface area contributed by atoms with Crippen molar-refractivity contribution in [3.8, 4) is 0 Å². The van der Waals surface area contributed by atoms with Gasteiger partial charge in [-0.2, -0.15) is 0 Å². The highest BCUT2D eigenvalue weighted by molar-refractivity contribution is 5.41. The number of hydrazine groups is 1. The summed E-state index contributed by atoms with van der Waals surface area (Å²) in [6.07, 6.45) is 1.80. The van der Waals surface area contributed by atoms with Crippen molar-refractivity contribution < 1.29 is 0 Å². The van der Waals surface area contributed by atoms with Crippen LogP contribution in [-0.4, -0.2) is 6.54 Å². The van der Waals surface area contributed by atoms with Crippen LogP contribution in [0.2, 0.25) is 0 Å². The van der Waals surface area contributed by atoms with Gasteiger partial charge in [0.05, 0.1) is 0 Å². The zero-order valence-electron chi connectivity index (χ0n) is 6.38. The topological polar surface area (TPSA) is 24.1 Å². The molecule has 0 radical (unpaired) electrons. The van der Waals surface area contributed by atoms with Crippen LogP contribution in [0.1, 0.15) is 0 Å². The molecule has 1 rings (SSSR count). The Bertz CT molecular complexity index is 206. The summed E-state index contributed by atoms with van der Waals surface area (Å²) in [6.45, 7) is 4.35. The van der Waals surface area contributed by atoms with Gasteiger partial charge in [0.2, 0.25) is 0 Å². The first-order valence-electron chi connectivity index (χ1n) is 3.58. The molecule has 1 aromatic rings. The molecule has 2 N–H and O–H groups in total. The molecule has 0 aromatic heterocycles. The Hall–Kier alpha value is -1.28. The van der Waals surface area contributed by atoms with Gasteiger partial charge in [0, 0.05) is 12.2 Å². The molecule has 2 nitrogen and oxygen atoms in total. The van der Waals surface area contributed by atoms with Gasteiger partial charge in [-0.1, -0.05) is 24.3 Å². The summed E-state index contributed by atoms with van der Waals surface area (Å²) >= 11 is 0. The maximum atomic E-state index is 3.59. The second kappa shape index (κ2) is 4.52. The van der Waals surface area contributed by atoms with Crippen LogP contribution in [0.3, 0.4) is 0 Å². The Balaban J connectivity index is 2.33. The van der Waals surface area contributed by atoms with E-state index < -0.39 is 0 Å². The van der Waals surface area contributed by atoms with Crippen LogP contribution in [0.15, 0.2) is 43.0 Å². The normalized spacial score (nSPS) is 9.09. The van der Waals surface area contributed by atoms with E-state index in [0.717, 1.165) is 12.2 Å². The third kappa shape index (κ3) is 2.87. The lowest BCUT2D eigenvalue weighted by Gasteiger charge is -2.04. The predicted octanol–water partition coefficient (Wildman–Crippen LogP) is 1.79. The molecule has 58 valence electrons. The van der Waals surface area contributed by atoms with Gasteiger partial charge in [-0.25, -0.2) is 5.43 Å². The van der Waals surface area contributed by atoms with Gasteiger partial charge >= 0.3 is 0 Å². The number of benzene rings is 1. The number of rotatable bonds is 4. The van der Waals surface area contributed by atoms with Gasteiger partial charge in [0.1, 0.15) is 0 Å². The molecule has 0 heterocycles. The Morgan fingerprint density at radius 3 is 2.64 bits per heavy atom. The van der Waals surface area contributed by atoms with Crippen LogP contribution >= 0.6 is 0 Å². The monoisotopic (exact) mass is 148 g/mol. The van der Waals surface area contributed by atoms with Gasteiger partial charge in [0.25, 0.3) is 0 Å². The van der Waals surface area contributed by atoms with Crippen molar-refractivity contribution in [3.63, 3.8) is 0 Å². The Morgan fingerprint density at radius 2 is 2.00 bits per heavy atom. The molecule has 0 aliphatic heterocycles. The van der Waals surface area contributed by atoms with Crippen LogP contribution in [-0.2, 0) is 0 Å². The standard InChI is InChI=1S/C9H12N2/c1-2-8-10-11-9-6-4-3-5-7-9/h2-7,10-11H,1,8H2. The third-order valence-corrected chi connectivity index (χ3v) is 1.25. The number of hydrogen-bond acceptors (Lipinski definition) is 2. The fraction of sp³-hybridized carbons (Fsp3) is 0.111. The molecule has 2 heteroatoms. The van der Waals surface area contributed by atoms with E-state index in [0.29, 0.717) is 0 Å². The van der Waals surface area contributed by atoms with Crippen LogP contribution in [0.25, 0.3) is 0 Å². The predicted molar refractivity (Wildman–Crippen MR) is 48.3 cm³/mol. The number of hydrogen-bond donors (Lipinski definition) is 2. The van der Waals surface area contributed by atoms with Crippen molar-refractivity contribution in [1.82, 2.24) is 5.43 Å². The van der Waals surface area contributed by atoms with E-state index in [9.17, 15) is 0 Å². The van der Waals surface area contributed by atoms with E-state index in [2.05, 4.69) is 17.4 Å². The second-order valence-corrected chi connectivity index (χ2v) is 2.16. The summed E-state index contributed by atoms with van der Waals surface area (Å²) in [7, 11) is 0. The van der Waals surface area contributed by atoms with Gasteiger partial charge in [-0.15, -0.1) is 6.58 Å². The quantitative estimate of drug-likeness (QED) is 0.386. The van der Waals surface area contributed by atoms with Crippen molar-refractivity contribution >= 4 is 5.69 Å². The van der Waals surface area contributed by atoms with Crippen molar-refractivity contribution in [2.24, 2.45) is 0 Å². The van der Waals surface area contributed by atoms with E-state index in [1.165, 1.54) is 0 Å². The lowest BCUT2D eigenvalue weighted by atomic mass is 10.3. The van der Waals surface area contributed by atoms with Crippen molar-refractivity contribution in [2.75, 3.05) is 12.0 Å². The molecule has 0 unspecified atom stereocenters. The molecular formula is C9H12N2. The van der Waals surface area contributed by atoms with Crippen molar-refractivity contribution in [2.45, 2.75) is 0 Å². The molecule has 0 saturated heterocycles. The minimum atomic E-state index is 0.759. The highest BCUT2D eigenvalue weighted by Crippen LogP contribution is 2.01. The summed E-state index contributed by atoms with van der Waals surface area (Å²) in [6, 6.07) is 9.95. The smallest absolute Gasteiger partial charge is 0.0487 e. The minimum absolute atomic E-state index is 0.759. The van der Waals surface area contributed by atoms with Crippen molar-refractivity contribution in [1.29, 1.82) is 0 Å². The van der Waals surface area contributed by atoms with Gasteiger partial charge in [-0.3, -0.25) is 0 Å². The second-order valence-electron chi connectivity index (χ2n) is 2.16. The number of anilines is 1. The first-order valence-corrected chi connectivity index (χ1v) is 3.58. The molecule has 0 saturated carbocycles. The van der Waals surface area contributed by atoms with E-state index in [4.69, 9.17) is 0 Å². The zero-order chi connectivity index (χ0) is 7.94. The van der Waals surface area contributed by atoms with Crippen LogP contribution in [0.4, 0.5) is 5.69 Å². The number of para-hydroxylation sites is 1. The van der Waals surface area contributed by atoms with Gasteiger partial charge in [0.15, 0.2) is 0 Å². The lowest BCUT2D eigenvalue weighted by Crippen LogP contribution is -2.20. The fourth-order valence-electron chi connectivity index (χ4n) is 0.747. The minimum Gasteiger partial charge on any atom is -0.321 e. The number of nitrogens with one attached hydrogen (secondary N) is 2. The van der Waals surface area contributed by atoms with Crippen LogP contribution in [0.5, 0.6) is 0 Å². The average molecular weight is 148 g/mol. The summed E-state index contributed by atoms with van der Waals surface area (Å²) in [5.74, 6) is 0. The lowest BCUT2D eigenvalue weighted by molar-refractivity contribution is 0.897. The van der Waals surface area contributed by atoms with Crippen molar-refractivity contribution in [3.05, 3.63) is 43.0 Å². The first-order chi connectivity index (χ1) is 5.43. The van der Waals surface area contributed by atoms with Gasteiger partial charge < -0.3 is 5.43 Å². The summed E-state index contributed by atoms with van der Waals surface area (Å²) < 4.78 is 0.